The molecule has 3 heteroatoms. The first-order chi connectivity index (χ1) is 6.71. The van der Waals surface area contributed by atoms with Crippen LogP contribution in [-0.4, -0.2) is 32.6 Å². The zero-order valence-electron chi connectivity index (χ0n) is 9.84. The van der Waals surface area contributed by atoms with E-state index in [1.54, 1.807) is 0 Å². The van der Waals surface area contributed by atoms with Crippen molar-refractivity contribution < 1.29 is 4.74 Å². The van der Waals surface area contributed by atoms with Gasteiger partial charge in [0.15, 0.2) is 0 Å². The van der Waals surface area contributed by atoms with Gasteiger partial charge in [-0.15, -0.1) is 0 Å². The van der Waals surface area contributed by atoms with Gasteiger partial charge in [0, 0.05) is 6.61 Å². The van der Waals surface area contributed by atoms with Crippen molar-refractivity contribution in [2.45, 2.75) is 50.4 Å². The summed E-state index contributed by atoms with van der Waals surface area (Å²) >= 11 is 1.96. The van der Waals surface area contributed by atoms with Crippen molar-refractivity contribution in [3.8, 4) is 0 Å². The summed E-state index contributed by atoms with van der Waals surface area (Å²) in [5.41, 5.74) is 0. The molecule has 0 aromatic carbocycles. The van der Waals surface area contributed by atoms with Gasteiger partial charge in [-0.05, 0) is 44.1 Å². The van der Waals surface area contributed by atoms with E-state index in [0.29, 0.717) is 5.22 Å². The number of thioether (sulfide) groups is 1. The maximum atomic E-state index is 6.13. The predicted octanol–water partition coefficient (Wildman–Crippen LogP) is 3.09. The number of rotatable bonds is 5. The third kappa shape index (κ3) is 3.28. The third-order valence-electron chi connectivity index (χ3n) is 3.38. The molecule has 1 atom stereocenters. The fourth-order valence-corrected chi connectivity index (χ4v) is 4.78. The molecule has 84 valence electrons. The fraction of sp³-hybridized carbons (Fsp3) is 1.00. The maximum Gasteiger partial charge on any atom is 0.0695 e. The normalized spacial score (nSPS) is 28.3. The van der Waals surface area contributed by atoms with Crippen LogP contribution in [0.5, 0.6) is 0 Å². The highest BCUT2D eigenvalue weighted by atomic mass is 32.2. The molecule has 1 unspecified atom stereocenters. The van der Waals surface area contributed by atoms with Crippen LogP contribution in [0.1, 0.15) is 32.1 Å². The van der Waals surface area contributed by atoms with E-state index >= 15 is 0 Å². The van der Waals surface area contributed by atoms with E-state index in [9.17, 15) is 0 Å². The fourth-order valence-electron chi connectivity index (χ4n) is 2.33. The van der Waals surface area contributed by atoms with Gasteiger partial charge in [0.2, 0.25) is 0 Å². The van der Waals surface area contributed by atoms with Crippen molar-refractivity contribution in [1.29, 1.82) is 0 Å². The Kier molecular flexibility index (Phi) is 5.56. The molecule has 0 aliphatic carbocycles. The summed E-state index contributed by atoms with van der Waals surface area (Å²) in [5, 5.41) is 0.355. The maximum absolute atomic E-state index is 6.13. The van der Waals surface area contributed by atoms with E-state index in [0.717, 1.165) is 6.61 Å². The van der Waals surface area contributed by atoms with Crippen molar-refractivity contribution >= 4 is 20.6 Å². The average molecular weight is 232 g/mol. The first-order valence-corrected chi connectivity index (χ1v) is 10.1. The lowest BCUT2D eigenvalue weighted by atomic mass is 10.0. The summed E-state index contributed by atoms with van der Waals surface area (Å²) in [6.07, 6.45) is 8.87. The second-order valence-corrected chi connectivity index (χ2v) is 8.97. The van der Waals surface area contributed by atoms with E-state index in [2.05, 4.69) is 19.3 Å². The van der Waals surface area contributed by atoms with Crippen LogP contribution in [0.25, 0.3) is 0 Å². The highest BCUT2D eigenvalue weighted by Gasteiger charge is 2.36. The Balaban J connectivity index is 2.43. The lowest BCUT2D eigenvalue weighted by Crippen LogP contribution is -2.47. The molecule has 1 saturated heterocycles. The molecular formula is C11H24OSSi. The second kappa shape index (κ2) is 6.18. The minimum Gasteiger partial charge on any atom is -0.379 e. The first kappa shape index (κ1) is 12.6. The van der Waals surface area contributed by atoms with Gasteiger partial charge in [-0.1, -0.05) is 13.1 Å². The van der Waals surface area contributed by atoms with Crippen LogP contribution < -0.4 is 0 Å². The monoisotopic (exact) mass is 232 g/mol. The van der Waals surface area contributed by atoms with E-state index in [4.69, 9.17) is 4.74 Å². The Morgan fingerprint density at radius 3 is 2.64 bits per heavy atom. The van der Waals surface area contributed by atoms with Crippen LogP contribution in [0.2, 0.25) is 13.1 Å². The molecule has 0 radical (unpaired) electrons. The van der Waals surface area contributed by atoms with Gasteiger partial charge in [0.1, 0.15) is 0 Å². The Labute approximate surface area is 94.6 Å². The van der Waals surface area contributed by atoms with Gasteiger partial charge in [0.05, 0.1) is 14.0 Å². The lowest BCUT2D eigenvalue weighted by Gasteiger charge is -2.40. The second-order valence-electron chi connectivity index (χ2n) is 4.62. The summed E-state index contributed by atoms with van der Waals surface area (Å²) in [7, 11) is -0.662. The van der Waals surface area contributed by atoms with Crippen molar-refractivity contribution in [1.82, 2.24) is 0 Å². The van der Waals surface area contributed by atoms with Crippen molar-refractivity contribution in [3.63, 3.8) is 0 Å². The first-order valence-electron chi connectivity index (χ1n) is 5.84. The van der Waals surface area contributed by atoms with E-state index in [1.165, 1.54) is 37.9 Å². The Morgan fingerprint density at radius 1 is 1.36 bits per heavy atom. The molecule has 1 rings (SSSR count). The average Bonchev–Trinajstić information content (AvgIpc) is 2.19. The highest BCUT2D eigenvalue weighted by molar-refractivity contribution is 7.98. The highest BCUT2D eigenvalue weighted by Crippen LogP contribution is 2.32. The van der Waals surface area contributed by atoms with Gasteiger partial charge in [-0.3, -0.25) is 0 Å². The molecule has 0 spiro atoms. The van der Waals surface area contributed by atoms with Crippen molar-refractivity contribution in [2.75, 3.05) is 18.6 Å². The number of hydrogen-bond donors (Lipinski definition) is 0. The topological polar surface area (TPSA) is 9.23 Å². The molecule has 1 aliphatic rings. The molecule has 0 saturated carbocycles. The molecule has 0 amide bonds. The zero-order valence-corrected chi connectivity index (χ0v) is 11.8. The van der Waals surface area contributed by atoms with E-state index < -0.39 is 8.80 Å². The summed E-state index contributed by atoms with van der Waals surface area (Å²) in [6.45, 7) is 5.92. The van der Waals surface area contributed by atoms with Crippen LogP contribution in [-0.2, 0) is 4.74 Å². The number of hydrogen-bond acceptors (Lipinski definition) is 2. The van der Waals surface area contributed by atoms with Crippen LogP contribution in [0.3, 0.4) is 0 Å². The largest absolute Gasteiger partial charge is 0.379 e. The molecular weight excluding hydrogens is 208 g/mol. The van der Waals surface area contributed by atoms with Crippen LogP contribution in [0.4, 0.5) is 0 Å². The van der Waals surface area contributed by atoms with Crippen LogP contribution >= 0.6 is 11.8 Å². The minimum atomic E-state index is -0.662. The predicted molar refractivity (Wildman–Crippen MR) is 69.0 cm³/mol. The lowest BCUT2D eigenvalue weighted by molar-refractivity contribution is -0.0279. The Morgan fingerprint density at radius 2 is 2.14 bits per heavy atom. The Hall–Kier alpha value is 0.527. The molecule has 1 nitrogen and oxygen atoms in total. The molecule has 1 aliphatic heterocycles. The quantitative estimate of drug-likeness (QED) is 0.532. The summed E-state index contributed by atoms with van der Waals surface area (Å²) in [4.78, 5) is 0. The molecule has 1 fully saturated rings. The third-order valence-corrected chi connectivity index (χ3v) is 6.93. The summed E-state index contributed by atoms with van der Waals surface area (Å²) in [6, 6.07) is 0. The van der Waals surface area contributed by atoms with Crippen molar-refractivity contribution in [2.24, 2.45) is 0 Å². The molecule has 0 aromatic heterocycles. The molecule has 14 heavy (non-hydrogen) atoms. The Bertz CT molecular complexity index is 155. The zero-order chi connectivity index (χ0) is 10.4. The van der Waals surface area contributed by atoms with Crippen LogP contribution in [0.15, 0.2) is 0 Å². The number of ether oxygens (including phenoxy) is 1. The van der Waals surface area contributed by atoms with Gasteiger partial charge in [0.25, 0.3) is 0 Å². The van der Waals surface area contributed by atoms with E-state index in [1.807, 2.05) is 11.8 Å². The smallest absolute Gasteiger partial charge is 0.0695 e. The van der Waals surface area contributed by atoms with Gasteiger partial charge in [-0.25, -0.2) is 0 Å². The van der Waals surface area contributed by atoms with Gasteiger partial charge < -0.3 is 4.74 Å². The SMILES string of the molecule is CSCCCC1([SiH](C)C)CCCCO1. The van der Waals surface area contributed by atoms with Gasteiger partial charge in [-0.2, -0.15) is 11.8 Å². The van der Waals surface area contributed by atoms with Crippen molar-refractivity contribution in [3.05, 3.63) is 0 Å². The summed E-state index contributed by atoms with van der Waals surface area (Å²) in [5.74, 6) is 1.30. The summed E-state index contributed by atoms with van der Waals surface area (Å²) < 4.78 is 6.13. The van der Waals surface area contributed by atoms with Gasteiger partial charge >= 0.3 is 0 Å². The van der Waals surface area contributed by atoms with E-state index in [-0.39, 0.29) is 0 Å². The standard InChI is InChI=1S/C11H24OSSi/c1-13-10-6-8-11(14(2)3)7-4-5-9-12-11/h14H,4-10H2,1-3H3. The molecule has 0 aromatic rings. The molecule has 1 heterocycles. The molecule has 0 bridgehead atoms. The van der Waals surface area contributed by atoms with Crippen LogP contribution in [0, 0.1) is 0 Å². The molecule has 0 N–H and O–H groups in total. The minimum absolute atomic E-state index is 0.355.